The third-order valence-corrected chi connectivity index (χ3v) is 2.97. The fourth-order valence-electron chi connectivity index (χ4n) is 1.93. The van der Waals surface area contributed by atoms with Crippen LogP contribution in [-0.2, 0) is 0 Å². The molecule has 0 saturated carbocycles. The highest BCUT2D eigenvalue weighted by Crippen LogP contribution is 2.24. The molecule has 1 heterocycles. The Hall–Kier alpha value is -2.03. The molecule has 1 aliphatic heterocycles. The molecule has 3 nitrogen and oxygen atoms in total. The van der Waals surface area contributed by atoms with E-state index in [-0.39, 0.29) is 5.91 Å². The number of allylic oxidation sites excluding steroid dienone is 2. The first-order valence-electron chi connectivity index (χ1n) is 6.19. The smallest absolute Gasteiger partial charge is 0.253 e. The van der Waals surface area contributed by atoms with E-state index < -0.39 is 0 Å². The van der Waals surface area contributed by atoms with Gasteiger partial charge in [0.25, 0.3) is 5.91 Å². The van der Waals surface area contributed by atoms with E-state index in [1.807, 2.05) is 50.3 Å². The second-order valence-corrected chi connectivity index (χ2v) is 4.04. The van der Waals surface area contributed by atoms with Gasteiger partial charge in [0.05, 0.1) is 6.26 Å². The summed E-state index contributed by atoms with van der Waals surface area (Å²) in [6.45, 7) is 5.41. The van der Waals surface area contributed by atoms with E-state index in [1.54, 1.807) is 11.2 Å². The number of amides is 1. The van der Waals surface area contributed by atoms with Crippen molar-refractivity contribution in [1.82, 2.24) is 4.90 Å². The zero-order valence-corrected chi connectivity index (χ0v) is 10.7. The molecule has 0 saturated heterocycles. The highest BCUT2D eigenvalue weighted by atomic mass is 16.5. The molecule has 1 aliphatic rings. The number of benzene rings is 1. The van der Waals surface area contributed by atoms with Crippen molar-refractivity contribution in [2.45, 2.75) is 13.8 Å². The molecular formula is C15H17NO2. The average Bonchev–Trinajstić information content (AvgIpc) is 2.64. The van der Waals surface area contributed by atoms with E-state index in [4.69, 9.17) is 4.74 Å². The Balaban J connectivity index is 2.31. The van der Waals surface area contributed by atoms with Crippen molar-refractivity contribution in [3.63, 3.8) is 0 Å². The summed E-state index contributed by atoms with van der Waals surface area (Å²) < 4.78 is 5.43. The quantitative estimate of drug-likeness (QED) is 0.816. The van der Waals surface area contributed by atoms with Crippen LogP contribution in [0.4, 0.5) is 0 Å². The Kier molecular flexibility index (Phi) is 3.82. The van der Waals surface area contributed by atoms with Crippen molar-refractivity contribution in [1.29, 1.82) is 0 Å². The van der Waals surface area contributed by atoms with E-state index in [2.05, 4.69) is 0 Å². The van der Waals surface area contributed by atoms with Crippen LogP contribution in [0.3, 0.4) is 0 Å². The minimum atomic E-state index is 0.0633. The predicted molar refractivity (Wildman–Crippen MR) is 72.5 cm³/mol. The van der Waals surface area contributed by atoms with Gasteiger partial charge in [-0.1, -0.05) is 12.2 Å². The summed E-state index contributed by atoms with van der Waals surface area (Å²) in [7, 11) is 0. The number of hydrogen-bond donors (Lipinski definition) is 0. The molecule has 0 unspecified atom stereocenters. The van der Waals surface area contributed by atoms with Crippen LogP contribution < -0.4 is 4.74 Å². The Labute approximate surface area is 107 Å². The molecule has 18 heavy (non-hydrogen) atoms. The lowest BCUT2D eigenvalue weighted by atomic mass is 10.1. The van der Waals surface area contributed by atoms with Crippen molar-refractivity contribution < 1.29 is 9.53 Å². The minimum Gasteiger partial charge on any atom is -0.464 e. The molecule has 1 amide bonds. The van der Waals surface area contributed by atoms with Gasteiger partial charge in [0.2, 0.25) is 0 Å². The van der Waals surface area contributed by atoms with Gasteiger partial charge in [0.15, 0.2) is 0 Å². The van der Waals surface area contributed by atoms with Crippen molar-refractivity contribution in [3.8, 4) is 5.75 Å². The lowest BCUT2D eigenvalue weighted by molar-refractivity contribution is 0.0773. The van der Waals surface area contributed by atoms with Crippen LogP contribution in [-0.4, -0.2) is 23.9 Å². The topological polar surface area (TPSA) is 29.5 Å². The van der Waals surface area contributed by atoms with Crippen molar-refractivity contribution in [2.75, 3.05) is 13.1 Å². The summed E-state index contributed by atoms with van der Waals surface area (Å²) in [5.41, 5.74) is 1.63. The summed E-state index contributed by atoms with van der Waals surface area (Å²) in [4.78, 5) is 14.0. The van der Waals surface area contributed by atoms with Crippen LogP contribution in [0.15, 0.2) is 36.6 Å². The Bertz CT molecular complexity index is 499. The summed E-state index contributed by atoms with van der Waals surface area (Å²) in [6.07, 6.45) is 7.30. The Morgan fingerprint density at radius 2 is 2.00 bits per heavy atom. The monoisotopic (exact) mass is 243 g/mol. The van der Waals surface area contributed by atoms with E-state index in [9.17, 15) is 4.79 Å². The minimum absolute atomic E-state index is 0.0633. The molecule has 0 N–H and O–H groups in total. The second-order valence-electron chi connectivity index (χ2n) is 4.04. The number of carbonyl (C=O) groups excluding carboxylic acids is 1. The summed E-state index contributed by atoms with van der Waals surface area (Å²) in [6, 6.07) is 5.53. The van der Waals surface area contributed by atoms with E-state index in [0.29, 0.717) is 5.56 Å². The summed E-state index contributed by atoms with van der Waals surface area (Å²) in [5, 5.41) is 0. The van der Waals surface area contributed by atoms with Crippen LogP contribution >= 0.6 is 0 Å². The van der Waals surface area contributed by atoms with Crippen LogP contribution in [0, 0.1) is 0 Å². The molecule has 0 bridgehead atoms. The van der Waals surface area contributed by atoms with Crippen LogP contribution in [0.2, 0.25) is 0 Å². The standard InChI is InChI=1S/C15H17NO2/c1-3-16(4-2)15(17)13-8-9-14-12(11-13)7-5-6-10-18-14/h5-11H,3-4H2,1-2H3. The highest BCUT2D eigenvalue weighted by molar-refractivity contribution is 5.95. The fourth-order valence-corrected chi connectivity index (χ4v) is 1.93. The molecule has 1 aromatic carbocycles. The third-order valence-electron chi connectivity index (χ3n) is 2.97. The first-order valence-corrected chi connectivity index (χ1v) is 6.19. The lowest BCUT2D eigenvalue weighted by Crippen LogP contribution is -2.30. The average molecular weight is 243 g/mol. The fraction of sp³-hybridized carbons (Fsp3) is 0.267. The largest absolute Gasteiger partial charge is 0.464 e. The number of fused-ring (bicyclic) bond motifs is 1. The lowest BCUT2D eigenvalue weighted by Gasteiger charge is -2.19. The normalized spacial score (nSPS) is 12.6. The van der Waals surface area contributed by atoms with Crippen LogP contribution in [0.5, 0.6) is 5.75 Å². The number of hydrogen-bond acceptors (Lipinski definition) is 2. The van der Waals surface area contributed by atoms with E-state index >= 15 is 0 Å². The molecule has 0 spiro atoms. The first kappa shape index (κ1) is 12.4. The molecule has 94 valence electrons. The van der Waals surface area contributed by atoms with E-state index in [1.165, 1.54) is 0 Å². The van der Waals surface area contributed by atoms with Gasteiger partial charge < -0.3 is 9.64 Å². The number of ether oxygens (including phenoxy) is 1. The zero-order valence-electron chi connectivity index (χ0n) is 10.7. The predicted octanol–water partition coefficient (Wildman–Crippen LogP) is 3.09. The molecule has 3 heteroatoms. The van der Waals surface area contributed by atoms with Gasteiger partial charge >= 0.3 is 0 Å². The first-order chi connectivity index (χ1) is 8.76. The molecule has 1 aromatic rings. The maximum atomic E-state index is 12.2. The number of carbonyl (C=O) groups is 1. The van der Waals surface area contributed by atoms with Gasteiger partial charge in [0.1, 0.15) is 5.75 Å². The highest BCUT2D eigenvalue weighted by Gasteiger charge is 2.14. The second kappa shape index (κ2) is 5.54. The van der Waals surface area contributed by atoms with Gasteiger partial charge in [-0.3, -0.25) is 4.79 Å². The Morgan fingerprint density at radius 3 is 2.72 bits per heavy atom. The SMILES string of the molecule is CCN(CC)C(=O)c1ccc2c(c1)C=CC=CO2. The molecular weight excluding hydrogens is 226 g/mol. The molecule has 0 radical (unpaired) electrons. The summed E-state index contributed by atoms with van der Waals surface area (Å²) in [5.74, 6) is 0.838. The van der Waals surface area contributed by atoms with Gasteiger partial charge in [-0.25, -0.2) is 0 Å². The van der Waals surface area contributed by atoms with Gasteiger partial charge in [-0.15, -0.1) is 0 Å². The van der Waals surface area contributed by atoms with Crippen molar-refractivity contribution >= 4 is 12.0 Å². The maximum absolute atomic E-state index is 12.2. The van der Waals surface area contributed by atoms with E-state index in [0.717, 1.165) is 24.4 Å². The van der Waals surface area contributed by atoms with Gasteiger partial charge in [-0.2, -0.15) is 0 Å². The van der Waals surface area contributed by atoms with Crippen molar-refractivity contribution in [2.24, 2.45) is 0 Å². The molecule has 0 atom stereocenters. The molecule has 0 fully saturated rings. The Morgan fingerprint density at radius 1 is 1.22 bits per heavy atom. The van der Waals surface area contributed by atoms with Crippen LogP contribution in [0.25, 0.3) is 6.08 Å². The summed E-state index contributed by atoms with van der Waals surface area (Å²) >= 11 is 0. The zero-order chi connectivity index (χ0) is 13.0. The van der Waals surface area contributed by atoms with Gasteiger partial charge in [0, 0.05) is 24.2 Å². The van der Waals surface area contributed by atoms with Gasteiger partial charge in [-0.05, 0) is 38.1 Å². The van der Waals surface area contributed by atoms with Crippen molar-refractivity contribution in [3.05, 3.63) is 47.7 Å². The molecule has 0 aromatic heterocycles. The maximum Gasteiger partial charge on any atom is 0.253 e. The number of rotatable bonds is 3. The number of nitrogens with zero attached hydrogens (tertiary/aromatic N) is 1. The van der Waals surface area contributed by atoms with Crippen LogP contribution in [0.1, 0.15) is 29.8 Å². The third kappa shape index (κ3) is 2.45. The molecule has 0 aliphatic carbocycles. The molecule has 2 rings (SSSR count).